The van der Waals surface area contributed by atoms with Gasteiger partial charge in [-0.25, -0.2) is 0 Å². The summed E-state index contributed by atoms with van der Waals surface area (Å²) in [4.78, 5) is 1.97. The van der Waals surface area contributed by atoms with E-state index in [4.69, 9.17) is 11.1 Å². The Hall–Kier alpha value is -1.24. The van der Waals surface area contributed by atoms with Gasteiger partial charge in [-0.15, -0.1) is 0 Å². The van der Waals surface area contributed by atoms with Crippen molar-refractivity contribution in [2.75, 3.05) is 18.0 Å². The van der Waals surface area contributed by atoms with E-state index in [0.717, 1.165) is 31.5 Å². The van der Waals surface area contributed by atoms with Crippen LogP contribution in [-0.2, 0) is 6.18 Å². The fourth-order valence-electron chi connectivity index (χ4n) is 2.39. The highest BCUT2D eigenvalue weighted by Crippen LogP contribution is 2.36. The van der Waals surface area contributed by atoms with Gasteiger partial charge in [-0.2, -0.15) is 13.2 Å². The second kappa shape index (κ2) is 5.63. The SMILES string of the molecule is N=C(N)C1CCCN(c2ccc(C(F)(F)F)cc2Br)C1. The maximum absolute atomic E-state index is 12.6. The third-order valence-corrected chi connectivity index (χ3v) is 4.11. The lowest BCUT2D eigenvalue weighted by Crippen LogP contribution is -2.41. The van der Waals surface area contributed by atoms with E-state index in [-0.39, 0.29) is 11.8 Å². The van der Waals surface area contributed by atoms with Crippen LogP contribution in [-0.4, -0.2) is 18.9 Å². The van der Waals surface area contributed by atoms with Gasteiger partial charge in [0.2, 0.25) is 0 Å². The zero-order chi connectivity index (χ0) is 14.9. The molecule has 3 N–H and O–H groups in total. The Morgan fingerprint density at radius 1 is 1.40 bits per heavy atom. The molecule has 0 radical (unpaired) electrons. The minimum Gasteiger partial charge on any atom is -0.387 e. The number of amidine groups is 1. The number of anilines is 1. The molecule has 1 unspecified atom stereocenters. The summed E-state index contributed by atoms with van der Waals surface area (Å²) in [5.41, 5.74) is 5.56. The number of nitrogens with zero attached hydrogens (tertiary/aromatic N) is 1. The van der Waals surface area contributed by atoms with E-state index in [2.05, 4.69) is 15.9 Å². The molecular weight excluding hydrogens is 335 g/mol. The Labute approximate surface area is 123 Å². The van der Waals surface area contributed by atoms with Crippen LogP contribution in [0, 0.1) is 11.3 Å². The summed E-state index contributed by atoms with van der Waals surface area (Å²) in [5, 5.41) is 7.50. The number of alkyl halides is 3. The van der Waals surface area contributed by atoms with Crippen LogP contribution >= 0.6 is 15.9 Å². The van der Waals surface area contributed by atoms with Gasteiger partial charge in [0, 0.05) is 23.5 Å². The Bertz CT molecular complexity index is 516. The molecule has 3 nitrogen and oxygen atoms in total. The van der Waals surface area contributed by atoms with Crippen molar-refractivity contribution in [1.82, 2.24) is 0 Å². The van der Waals surface area contributed by atoms with Crippen molar-refractivity contribution in [3.8, 4) is 0 Å². The van der Waals surface area contributed by atoms with Gasteiger partial charge >= 0.3 is 6.18 Å². The Morgan fingerprint density at radius 2 is 2.10 bits per heavy atom. The molecule has 110 valence electrons. The van der Waals surface area contributed by atoms with Gasteiger partial charge in [0.25, 0.3) is 0 Å². The molecule has 1 atom stereocenters. The summed E-state index contributed by atoms with van der Waals surface area (Å²) in [7, 11) is 0. The summed E-state index contributed by atoms with van der Waals surface area (Å²) in [6, 6.07) is 3.64. The van der Waals surface area contributed by atoms with Crippen LogP contribution in [0.4, 0.5) is 18.9 Å². The molecule has 1 aromatic rings. The van der Waals surface area contributed by atoms with Crippen LogP contribution in [0.15, 0.2) is 22.7 Å². The van der Waals surface area contributed by atoms with E-state index in [1.54, 1.807) is 0 Å². The van der Waals surface area contributed by atoms with Crippen LogP contribution in [0.2, 0.25) is 0 Å². The fraction of sp³-hybridized carbons (Fsp3) is 0.462. The topological polar surface area (TPSA) is 53.1 Å². The number of halogens is 4. The van der Waals surface area contributed by atoms with Gasteiger partial charge < -0.3 is 10.6 Å². The van der Waals surface area contributed by atoms with Crippen LogP contribution in [0.3, 0.4) is 0 Å². The molecule has 1 heterocycles. The number of nitrogens with one attached hydrogen (secondary N) is 1. The highest BCUT2D eigenvalue weighted by atomic mass is 79.9. The van der Waals surface area contributed by atoms with E-state index >= 15 is 0 Å². The molecule has 1 fully saturated rings. The zero-order valence-electron chi connectivity index (χ0n) is 10.7. The van der Waals surface area contributed by atoms with Crippen molar-refractivity contribution in [2.24, 2.45) is 11.7 Å². The molecule has 7 heteroatoms. The van der Waals surface area contributed by atoms with Crippen molar-refractivity contribution >= 4 is 27.5 Å². The highest BCUT2D eigenvalue weighted by Gasteiger charge is 2.31. The number of piperidine rings is 1. The molecule has 0 amide bonds. The molecule has 1 aliphatic heterocycles. The quantitative estimate of drug-likeness (QED) is 0.632. The molecule has 1 aromatic carbocycles. The molecule has 1 aliphatic rings. The molecule has 0 spiro atoms. The molecule has 20 heavy (non-hydrogen) atoms. The predicted molar refractivity (Wildman–Crippen MR) is 76.0 cm³/mol. The first kappa shape index (κ1) is 15.2. The number of hydrogen-bond donors (Lipinski definition) is 2. The first-order chi connectivity index (χ1) is 9.29. The van der Waals surface area contributed by atoms with Crippen molar-refractivity contribution < 1.29 is 13.2 Å². The standard InChI is InChI=1S/C13H15BrF3N3/c14-10-6-9(13(15,16)17)3-4-11(10)20-5-1-2-8(7-20)12(18)19/h3-4,6,8H,1-2,5,7H2,(H3,18,19). The van der Waals surface area contributed by atoms with Crippen LogP contribution < -0.4 is 10.6 Å². The van der Waals surface area contributed by atoms with Crippen LogP contribution in [0.5, 0.6) is 0 Å². The normalized spacial score (nSPS) is 20.0. The van der Waals surface area contributed by atoms with Crippen LogP contribution in [0.1, 0.15) is 18.4 Å². The number of hydrogen-bond acceptors (Lipinski definition) is 2. The van der Waals surface area contributed by atoms with Gasteiger partial charge in [-0.05, 0) is 47.0 Å². The summed E-state index contributed by atoms with van der Waals surface area (Å²) in [6.07, 6.45) is -2.62. The molecule has 1 saturated heterocycles. The van der Waals surface area contributed by atoms with Crippen molar-refractivity contribution in [3.63, 3.8) is 0 Å². The van der Waals surface area contributed by atoms with Gasteiger partial charge in [-0.3, -0.25) is 5.41 Å². The van der Waals surface area contributed by atoms with E-state index in [1.807, 2.05) is 4.90 Å². The molecule has 0 saturated carbocycles. The lowest BCUT2D eigenvalue weighted by atomic mass is 9.96. The Morgan fingerprint density at radius 3 is 2.65 bits per heavy atom. The molecule has 0 aliphatic carbocycles. The van der Waals surface area contributed by atoms with Gasteiger partial charge in [-0.1, -0.05) is 0 Å². The maximum Gasteiger partial charge on any atom is 0.416 e. The van der Waals surface area contributed by atoms with E-state index in [1.165, 1.54) is 6.07 Å². The second-order valence-electron chi connectivity index (χ2n) is 4.90. The average molecular weight is 350 g/mol. The fourth-order valence-corrected chi connectivity index (χ4v) is 3.02. The number of benzene rings is 1. The lowest BCUT2D eigenvalue weighted by molar-refractivity contribution is -0.137. The summed E-state index contributed by atoms with van der Waals surface area (Å²) in [6.45, 7) is 1.33. The average Bonchev–Trinajstić information content (AvgIpc) is 2.37. The highest BCUT2D eigenvalue weighted by molar-refractivity contribution is 9.10. The summed E-state index contributed by atoms with van der Waals surface area (Å²) >= 11 is 3.21. The Balaban J connectivity index is 2.23. The third kappa shape index (κ3) is 3.26. The number of rotatable bonds is 2. The lowest BCUT2D eigenvalue weighted by Gasteiger charge is -2.34. The van der Waals surface area contributed by atoms with Gasteiger partial charge in [0.05, 0.1) is 17.1 Å². The summed E-state index contributed by atoms with van der Waals surface area (Å²) in [5.74, 6) is 0.107. The second-order valence-corrected chi connectivity index (χ2v) is 5.76. The molecular formula is C13H15BrF3N3. The Kier molecular flexibility index (Phi) is 4.27. The first-order valence-electron chi connectivity index (χ1n) is 6.24. The van der Waals surface area contributed by atoms with Crippen molar-refractivity contribution in [3.05, 3.63) is 28.2 Å². The zero-order valence-corrected chi connectivity index (χ0v) is 12.3. The number of nitrogens with two attached hydrogens (primary N) is 1. The largest absolute Gasteiger partial charge is 0.416 e. The van der Waals surface area contributed by atoms with Crippen LogP contribution in [0.25, 0.3) is 0 Å². The smallest absolute Gasteiger partial charge is 0.387 e. The minimum absolute atomic E-state index is 0.0297. The summed E-state index contributed by atoms with van der Waals surface area (Å²) < 4.78 is 38.3. The molecule has 2 rings (SSSR count). The van der Waals surface area contributed by atoms with Crippen molar-refractivity contribution in [1.29, 1.82) is 5.41 Å². The van der Waals surface area contributed by atoms with E-state index in [0.29, 0.717) is 16.7 Å². The minimum atomic E-state index is -4.34. The molecule has 0 bridgehead atoms. The van der Waals surface area contributed by atoms with E-state index < -0.39 is 11.7 Å². The third-order valence-electron chi connectivity index (χ3n) is 3.48. The monoisotopic (exact) mass is 349 g/mol. The predicted octanol–water partition coefficient (Wildman–Crippen LogP) is 3.62. The van der Waals surface area contributed by atoms with E-state index in [9.17, 15) is 13.2 Å². The first-order valence-corrected chi connectivity index (χ1v) is 7.04. The molecule has 0 aromatic heterocycles. The van der Waals surface area contributed by atoms with Gasteiger partial charge in [0.15, 0.2) is 0 Å². The van der Waals surface area contributed by atoms with Gasteiger partial charge in [0.1, 0.15) is 0 Å². The van der Waals surface area contributed by atoms with Crippen molar-refractivity contribution in [2.45, 2.75) is 19.0 Å². The maximum atomic E-state index is 12.6.